The molecule has 0 aliphatic carbocycles. The number of pyridine rings is 3. The summed E-state index contributed by atoms with van der Waals surface area (Å²) in [6.45, 7) is 6.68. The minimum Gasteiger partial charge on any atom is -0.494 e. The van der Waals surface area contributed by atoms with Crippen LogP contribution in [-0.4, -0.2) is 84.5 Å². The van der Waals surface area contributed by atoms with E-state index in [2.05, 4.69) is 35.4 Å². The van der Waals surface area contributed by atoms with Crippen molar-refractivity contribution >= 4 is 34.0 Å². The van der Waals surface area contributed by atoms with Crippen LogP contribution in [0.5, 0.6) is 5.75 Å². The number of piperazine rings is 1. The molecule has 0 bridgehead atoms. The largest absolute Gasteiger partial charge is 0.494 e. The van der Waals surface area contributed by atoms with Gasteiger partial charge in [-0.1, -0.05) is 0 Å². The van der Waals surface area contributed by atoms with Crippen molar-refractivity contribution in [2.24, 2.45) is 0 Å². The first-order valence-corrected chi connectivity index (χ1v) is 12.5. The SMILES string of the molecule is COc1cncc2nc(-c3ccnc(Nc4ccc(N5CCOCC5)nc4)c3)nc(N3CCNCC3)c12. The van der Waals surface area contributed by atoms with Gasteiger partial charge < -0.3 is 29.9 Å². The summed E-state index contributed by atoms with van der Waals surface area (Å²) < 4.78 is 11.1. The summed E-state index contributed by atoms with van der Waals surface area (Å²) in [5.41, 5.74) is 2.46. The Morgan fingerprint density at radius 1 is 0.946 bits per heavy atom. The fraction of sp³-hybridized carbons (Fsp3) is 0.346. The summed E-state index contributed by atoms with van der Waals surface area (Å²) in [5, 5.41) is 7.63. The molecule has 0 saturated carbocycles. The lowest BCUT2D eigenvalue weighted by atomic mass is 10.2. The molecule has 2 aliphatic heterocycles. The van der Waals surface area contributed by atoms with Crippen LogP contribution < -0.4 is 25.2 Å². The third-order valence-electron chi connectivity index (χ3n) is 6.56. The van der Waals surface area contributed by atoms with E-state index in [1.807, 2.05) is 30.5 Å². The van der Waals surface area contributed by atoms with Gasteiger partial charge in [0.2, 0.25) is 0 Å². The molecular formula is C26H29N9O2. The molecule has 2 saturated heterocycles. The van der Waals surface area contributed by atoms with Crippen molar-refractivity contribution in [2.45, 2.75) is 0 Å². The van der Waals surface area contributed by atoms with E-state index in [1.54, 1.807) is 25.7 Å². The molecule has 2 fully saturated rings. The quantitative estimate of drug-likeness (QED) is 0.408. The predicted octanol–water partition coefficient (Wildman–Crippen LogP) is 2.48. The topological polar surface area (TPSA) is 113 Å². The first-order valence-electron chi connectivity index (χ1n) is 12.5. The molecule has 2 N–H and O–H groups in total. The summed E-state index contributed by atoms with van der Waals surface area (Å²) >= 11 is 0. The van der Waals surface area contributed by atoms with E-state index in [0.717, 1.165) is 86.3 Å². The molecule has 0 radical (unpaired) electrons. The number of fused-ring (bicyclic) bond motifs is 1. The molecule has 0 unspecified atom stereocenters. The summed E-state index contributed by atoms with van der Waals surface area (Å²) in [7, 11) is 1.65. The summed E-state index contributed by atoms with van der Waals surface area (Å²) in [6, 6.07) is 7.90. The van der Waals surface area contributed by atoms with E-state index < -0.39 is 0 Å². The fourth-order valence-corrected chi connectivity index (χ4v) is 4.65. The van der Waals surface area contributed by atoms with Gasteiger partial charge in [0.25, 0.3) is 0 Å². The third kappa shape index (κ3) is 4.95. The number of hydrogen-bond acceptors (Lipinski definition) is 11. The zero-order chi connectivity index (χ0) is 25.0. The maximum Gasteiger partial charge on any atom is 0.162 e. The Balaban J connectivity index is 1.30. The maximum absolute atomic E-state index is 5.62. The van der Waals surface area contributed by atoms with Crippen LogP contribution in [0.4, 0.5) is 23.1 Å². The molecule has 37 heavy (non-hydrogen) atoms. The Hall–Kier alpha value is -4.09. The standard InChI is InChI=1S/C26H29N9O2/c1-36-21-17-28-16-20-24(21)26(35-8-6-27-7-9-35)33-25(32-20)18-4-5-29-22(14-18)31-19-2-3-23(30-15-19)34-10-12-37-13-11-34/h2-5,14-17,27H,6-13H2,1H3,(H,29,31). The van der Waals surface area contributed by atoms with Crippen molar-refractivity contribution in [1.82, 2.24) is 30.2 Å². The summed E-state index contributed by atoms with van der Waals surface area (Å²) in [5.74, 6) is 3.78. The van der Waals surface area contributed by atoms with Crippen LogP contribution >= 0.6 is 0 Å². The molecule has 11 heteroatoms. The van der Waals surface area contributed by atoms with Gasteiger partial charge in [0.1, 0.15) is 23.2 Å². The maximum atomic E-state index is 5.62. The van der Waals surface area contributed by atoms with Crippen molar-refractivity contribution in [2.75, 3.05) is 74.7 Å². The molecule has 190 valence electrons. The molecule has 4 aromatic rings. The number of anilines is 4. The minimum absolute atomic E-state index is 0.613. The van der Waals surface area contributed by atoms with E-state index in [1.165, 1.54) is 0 Å². The second-order valence-electron chi connectivity index (χ2n) is 8.90. The number of morpholine rings is 1. The van der Waals surface area contributed by atoms with Gasteiger partial charge >= 0.3 is 0 Å². The van der Waals surface area contributed by atoms with Gasteiger partial charge in [-0.05, 0) is 24.3 Å². The minimum atomic E-state index is 0.613. The highest BCUT2D eigenvalue weighted by Gasteiger charge is 2.21. The summed E-state index contributed by atoms with van der Waals surface area (Å²) in [6.07, 6.45) is 7.06. The van der Waals surface area contributed by atoms with Crippen LogP contribution in [0.2, 0.25) is 0 Å². The first kappa shape index (κ1) is 23.3. The Kier molecular flexibility index (Phi) is 6.61. The van der Waals surface area contributed by atoms with Gasteiger partial charge in [0.15, 0.2) is 5.82 Å². The monoisotopic (exact) mass is 499 g/mol. The van der Waals surface area contributed by atoms with Crippen LogP contribution in [0.1, 0.15) is 0 Å². The van der Waals surface area contributed by atoms with E-state index in [9.17, 15) is 0 Å². The van der Waals surface area contributed by atoms with Gasteiger partial charge in [-0.15, -0.1) is 0 Å². The van der Waals surface area contributed by atoms with Crippen molar-refractivity contribution in [3.63, 3.8) is 0 Å². The molecule has 4 aromatic heterocycles. The normalized spacial score (nSPS) is 16.1. The lowest BCUT2D eigenvalue weighted by Crippen LogP contribution is -2.44. The second-order valence-corrected chi connectivity index (χ2v) is 8.90. The Morgan fingerprint density at radius 3 is 2.59 bits per heavy atom. The van der Waals surface area contributed by atoms with Gasteiger partial charge in [-0.25, -0.2) is 19.9 Å². The fourth-order valence-electron chi connectivity index (χ4n) is 4.65. The number of nitrogens with zero attached hydrogens (tertiary/aromatic N) is 7. The van der Waals surface area contributed by atoms with E-state index in [4.69, 9.17) is 19.4 Å². The molecule has 0 amide bonds. The van der Waals surface area contributed by atoms with Crippen molar-refractivity contribution in [1.29, 1.82) is 0 Å². The van der Waals surface area contributed by atoms with E-state index in [0.29, 0.717) is 17.4 Å². The molecule has 6 heterocycles. The molecule has 0 spiro atoms. The lowest BCUT2D eigenvalue weighted by Gasteiger charge is -2.29. The number of nitrogens with one attached hydrogen (secondary N) is 2. The first-order chi connectivity index (χ1) is 18.3. The van der Waals surface area contributed by atoms with Crippen LogP contribution in [-0.2, 0) is 4.74 Å². The van der Waals surface area contributed by atoms with Crippen LogP contribution in [0.3, 0.4) is 0 Å². The third-order valence-corrected chi connectivity index (χ3v) is 6.56. The van der Waals surface area contributed by atoms with E-state index in [-0.39, 0.29) is 0 Å². The lowest BCUT2D eigenvalue weighted by molar-refractivity contribution is 0.122. The Morgan fingerprint density at radius 2 is 1.81 bits per heavy atom. The van der Waals surface area contributed by atoms with Gasteiger partial charge in [-0.3, -0.25) is 4.98 Å². The van der Waals surface area contributed by atoms with Gasteiger partial charge in [0, 0.05) is 51.0 Å². The number of rotatable bonds is 6. The Bertz CT molecular complexity index is 1370. The molecular weight excluding hydrogens is 470 g/mol. The predicted molar refractivity (Wildman–Crippen MR) is 143 cm³/mol. The Labute approximate surface area is 214 Å². The highest BCUT2D eigenvalue weighted by atomic mass is 16.5. The van der Waals surface area contributed by atoms with Gasteiger partial charge in [0.05, 0.1) is 55.5 Å². The number of methoxy groups -OCH3 is 1. The van der Waals surface area contributed by atoms with Crippen LogP contribution in [0, 0.1) is 0 Å². The molecule has 11 nitrogen and oxygen atoms in total. The molecule has 2 aliphatic rings. The zero-order valence-electron chi connectivity index (χ0n) is 20.7. The van der Waals surface area contributed by atoms with E-state index >= 15 is 0 Å². The molecule has 6 rings (SSSR count). The van der Waals surface area contributed by atoms with Crippen molar-refractivity contribution < 1.29 is 9.47 Å². The van der Waals surface area contributed by atoms with Crippen LogP contribution in [0.25, 0.3) is 22.3 Å². The van der Waals surface area contributed by atoms with Crippen molar-refractivity contribution in [3.05, 3.63) is 49.1 Å². The average Bonchev–Trinajstić information content (AvgIpc) is 2.97. The average molecular weight is 500 g/mol. The smallest absolute Gasteiger partial charge is 0.162 e. The van der Waals surface area contributed by atoms with Crippen molar-refractivity contribution in [3.8, 4) is 17.1 Å². The van der Waals surface area contributed by atoms with Gasteiger partial charge in [-0.2, -0.15) is 0 Å². The zero-order valence-corrected chi connectivity index (χ0v) is 20.7. The molecule has 0 aromatic carbocycles. The van der Waals surface area contributed by atoms with Crippen LogP contribution in [0.15, 0.2) is 49.1 Å². The highest BCUT2D eigenvalue weighted by Crippen LogP contribution is 2.34. The number of hydrogen-bond donors (Lipinski definition) is 2. The number of aromatic nitrogens is 5. The summed E-state index contributed by atoms with van der Waals surface area (Å²) in [4.78, 5) is 27.8. The number of ether oxygens (including phenoxy) is 2. The molecule has 0 atom stereocenters. The highest BCUT2D eigenvalue weighted by molar-refractivity contribution is 5.95. The second kappa shape index (κ2) is 10.5.